The molecule has 2 atom stereocenters. The maximum atomic E-state index is 14.1. The lowest BCUT2D eigenvalue weighted by Crippen LogP contribution is -2.53. The number of carbonyl (C=O) groups excluding carboxylic acids is 2. The monoisotopic (exact) mass is 580 g/mol. The number of anilines is 1. The van der Waals surface area contributed by atoms with Crippen molar-refractivity contribution in [1.82, 2.24) is 10.2 Å². The maximum absolute atomic E-state index is 14.1. The number of nitro groups is 1. The van der Waals surface area contributed by atoms with Gasteiger partial charge in [0.05, 0.1) is 15.5 Å². The van der Waals surface area contributed by atoms with E-state index in [9.17, 15) is 28.1 Å². The molecule has 0 radical (unpaired) electrons. The molecule has 218 valence electrons. The van der Waals surface area contributed by atoms with Crippen LogP contribution in [-0.4, -0.2) is 48.7 Å². The highest BCUT2D eigenvalue weighted by Gasteiger charge is 2.34. The van der Waals surface area contributed by atoms with Crippen LogP contribution < -0.4 is 9.62 Å². The Morgan fingerprint density at radius 3 is 2.24 bits per heavy atom. The van der Waals surface area contributed by atoms with E-state index in [0.717, 1.165) is 21.5 Å². The number of aryl methyl sites for hydroxylation is 1. The summed E-state index contributed by atoms with van der Waals surface area (Å²) >= 11 is 0. The van der Waals surface area contributed by atoms with E-state index in [-0.39, 0.29) is 34.8 Å². The highest BCUT2D eigenvalue weighted by atomic mass is 32.2. The van der Waals surface area contributed by atoms with Gasteiger partial charge in [0.15, 0.2) is 0 Å². The van der Waals surface area contributed by atoms with Gasteiger partial charge in [-0.1, -0.05) is 67.9 Å². The van der Waals surface area contributed by atoms with E-state index in [1.807, 2.05) is 45.0 Å². The molecule has 0 spiro atoms. The maximum Gasteiger partial charge on any atom is 0.271 e. The first-order chi connectivity index (χ1) is 19.5. The average Bonchev–Trinajstić information content (AvgIpc) is 2.96. The van der Waals surface area contributed by atoms with E-state index in [0.29, 0.717) is 12.8 Å². The first-order valence-corrected chi connectivity index (χ1v) is 14.9. The average molecular weight is 581 g/mol. The minimum atomic E-state index is -4.32. The Labute approximate surface area is 241 Å². The van der Waals surface area contributed by atoms with Crippen molar-refractivity contribution >= 4 is 33.2 Å². The third kappa shape index (κ3) is 7.91. The van der Waals surface area contributed by atoms with Gasteiger partial charge in [-0.25, -0.2) is 8.42 Å². The zero-order valence-corrected chi connectivity index (χ0v) is 24.5. The third-order valence-corrected chi connectivity index (χ3v) is 8.55. The fourth-order valence-corrected chi connectivity index (χ4v) is 5.80. The molecular formula is C30H36N4O6S. The van der Waals surface area contributed by atoms with Gasteiger partial charge in [-0.2, -0.15) is 0 Å². The molecule has 2 amide bonds. The Morgan fingerprint density at radius 1 is 0.951 bits per heavy atom. The van der Waals surface area contributed by atoms with Crippen LogP contribution in [0.4, 0.5) is 11.4 Å². The van der Waals surface area contributed by atoms with Crippen molar-refractivity contribution in [1.29, 1.82) is 0 Å². The molecule has 0 aromatic heterocycles. The number of hydrogen-bond acceptors (Lipinski definition) is 6. The van der Waals surface area contributed by atoms with Crippen molar-refractivity contribution in [2.45, 2.75) is 64.1 Å². The molecule has 3 rings (SSSR count). The lowest BCUT2D eigenvalue weighted by atomic mass is 10.1. The zero-order valence-electron chi connectivity index (χ0n) is 23.7. The van der Waals surface area contributed by atoms with Crippen molar-refractivity contribution in [2.24, 2.45) is 0 Å². The molecule has 0 saturated carbocycles. The number of nitro benzene ring substituents is 1. The topological polar surface area (TPSA) is 130 Å². The quantitative estimate of drug-likeness (QED) is 0.228. The Hall–Kier alpha value is -4.25. The highest BCUT2D eigenvalue weighted by Crippen LogP contribution is 2.28. The van der Waals surface area contributed by atoms with Gasteiger partial charge in [0.1, 0.15) is 12.6 Å². The minimum absolute atomic E-state index is 0.0380. The molecule has 0 aliphatic rings. The Kier molecular flexibility index (Phi) is 10.6. The predicted octanol–water partition coefficient (Wildman–Crippen LogP) is 4.82. The van der Waals surface area contributed by atoms with Crippen molar-refractivity contribution < 1.29 is 22.9 Å². The fraction of sp³-hybridized carbons (Fsp3) is 0.333. The number of benzene rings is 3. The summed E-state index contributed by atoms with van der Waals surface area (Å²) < 4.78 is 28.5. The standard InChI is InChI=1S/C30H36N4O6S/c1-5-23(4)31-30(36)28(6-2)32(20-24-13-10-12-22(3)18-24)29(35)21-33(25-14-11-15-26(19-25)34(37)38)41(39,40)27-16-8-7-9-17-27/h7-19,23,28H,5-6,20-21H2,1-4H3,(H,31,36)/t23-,28+/m1/s1. The molecule has 10 nitrogen and oxygen atoms in total. The number of nitrogens with one attached hydrogen (secondary N) is 1. The van der Waals surface area contributed by atoms with Crippen molar-refractivity contribution in [3.63, 3.8) is 0 Å². The van der Waals surface area contributed by atoms with Crippen molar-refractivity contribution in [3.05, 3.63) is 100 Å². The highest BCUT2D eigenvalue weighted by molar-refractivity contribution is 7.92. The molecule has 0 saturated heterocycles. The van der Waals surface area contributed by atoms with Gasteiger partial charge in [0.25, 0.3) is 15.7 Å². The van der Waals surface area contributed by atoms with Crippen LogP contribution in [0.15, 0.2) is 83.8 Å². The molecular weight excluding hydrogens is 544 g/mol. The molecule has 0 fully saturated rings. The van der Waals surface area contributed by atoms with Gasteiger partial charge in [-0.05, 0) is 50.5 Å². The van der Waals surface area contributed by atoms with Crippen molar-refractivity contribution in [2.75, 3.05) is 10.8 Å². The summed E-state index contributed by atoms with van der Waals surface area (Å²) in [7, 11) is -4.32. The Balaban J connectivity index is 2.09. The number of nitrogens with zero attached hydrogens (tertiary/aromatic N) is 3. The normalized spacial score (nSPS) is 12.7. The van der Waals surface area contributed by atoms with Crippen LogP contribution >= 0.6 is 0 Å². The largest absolute Gasteiger partial charge is 0.352 e. The number of hydrogen-bond donors (Lipinski definition) is 1. The molecule has 3 aromatic rings. The van der Waals surface area contributed by atoms with Gasteiger partial charge in [0, 0.05) is 24.7 Å². The lowest BCUT2D eigenvalue weighted by molar-refractivity contribution is -0.384. The Bertz CT molecular complexity index is 1480. The third-order valence-electron chi connectivity index (χ3n) is 6.76. The fourth-order valence-electron chi connectivity index (χ4n) is 4.38. The van der Waals surface area contributed by atoms with Crippen LogP contribution in [0.5, 0.6) is 0 Å². The second-order valence-corrected chi connectivity index (χ2v) is 11.7. The predicted molar refractivity (Wildman–Crippen MR) is 158 cm³/mol. The van der Waals surface area contributed by atoms with Crippen LogP contribution in [-0.2, 0) is 26.2 Å². The second-order valence-electron chi connectivity index (χ2n) is 9.85. The molecule has 0 aliphatic heterocycles. The Morgan fingerprint density at radius 2 is 1.63 bits per heavy atom. The first kappa shape index (κ1) is 31.3. The second kappa shape index (κ2) is 13.9. The van der Waals surface area contributed by atoms with Gasteiger partial charge in [0.2, 0.25) is 11.8 Å². The zero-order chi connectivity index (χ0) is 30.2. The summed E-state index contributed by atoms with van der Waals surface area (Å²) in [6.45, 7) is 6.91. The van der Waals surface area contributed by atoms with Crippen LogP contribution in [0.1, 0.15) is 44.7 Å². The van der Waals surface area contributed by atoms with Crippen LogP contribution in [0.3, 0.4) is 0 Å². The molecule has 41 heavy (non-hydrogen) atoms. The number of amides is 2. The molecule has 1 N–H and O–H groups in total. The van der Waals surface area contributed by atoms with Crippen LogP contribution in [0.25, 0.3) is 0 Å². The summed E-state index contributed by atoms with van der Waals surface area (Å²) in [5.41, 5.74) is 1.39. The summed E-state index contributed by atoms with van der Waals surface area (Å²) in [6.07, 6.45) is 0.992. The molecule has 11 heteroatoms. The SMILES string of the molecule is CC[C@@H](C)NC(=O)[C@H](CC)N(Cc1cccc(C)c1)C(=O)CN(c1cccc([N+](=O)[O-])c1)S(=O)(=O)c1ccccc1. The van der Waals surface area contributed by atoms with Gasteiger partial charge in [-0.3, -0.25) is 24.0 Å². The molecule has 0 heterocycles. The lowest BCUT2D eigenvalue weighted by Gasteiger charge is -2.33. The van der Waals surface area contributed by atoms with Gasteiger partial charge < -0.3 is 10.2 Å². The molecule has 0 unspecified atom stereocenters. The summed E-state index contributed by atoms with van der Waals surface area (Å²) in [6, 6.07) is 19.2. The summed E-state index contributed by atoms with van der Waals surface area (Å²) in [5.74, 6) is -0.959. The van der Waals surface area contributed by atoms with Crippen LogP contribution in [0, 0.1) is 17.0 Å². The van der Waals surface area contributed by atoms with E-state index in [2.05, 4.69) is 5.32 Å². The number of sulfonamides is 1. The number of carbonyl (C=O) groups is 2. The van der Waals surface area contributed by atoms with E-state index >= 15 is 0 Å². The van der Waals surface area contributed by atoms with E-state index in [4.69, 9.17) is 0 Å². The molecule has 0 aliphatic carbocycles. The number of rotatable bonds is 13. The van der Waals surface area contributed by atoms with E-state index in [1.165, 1.54) is 35.2 Å². The van der Waals surface area contributed by atoms with Gasteiger partial charge in [-0.15, -0.1) is 0 Å². The summed E-state index contributed by atoms with van der Waals surface area (Å²) in [5, 5.41) is 14.4. The first-order valence-electron chi connectivity index (χ1n) is 13.5. The smallest absolute Gasteiger partial charge is 0.271 e. The minimum Gasteiger partial charge on any atom is -0.352 e. The summed E-state index contributed by atoms with van der Waals surface area (Å²) in [4.78, 5) is 39.6. The van der Waals surface area contributed by atoms with E-state index < -0.39 is 33.4 Å². The molecule has 0 bridgehead atoms. The van der Waals surface area contributed by atoms with Gasteiger partial charge >= 0.3 is 0 Å². The number of non-ortho nitro benzene ring substituents is 1. The van der Waals surface area contributed by atoms with Crippen molar-refractivity contribution in [3.8, 4) is 0 Å². The molecule has 3 aromatic carbocycles. The van der Waals surface area contributed by atoms with E-state index in [1.54, 1.807) is 25.1 Å². The van der Waals surface area contributed by atoms with Crippen LogP contribution in [0.2, 0.25) is 0 Å².